The molecule has 0 amide bonds. The van der Waals surface area contributed by atoms with E-state index in [4.69, 9.17) is 0 Å². The van der Waals surface area contributed by atoms with Crippen molar-refractivity contribution < 1.29 is 17.9 Å². The molecule has 1 aliphatic rings. The van der Waals surface area contributed by atoms with Gasteiger partial charge in [-0.3, -0.25) is 0 Å². The molecule has 4 rings (SSSR count). The zero-order valence-corrected chi connectivity index (χ0v) is 29.6. The zero-order chi connectivity index (χ0) is 28.0. The Kier molecular flexibility index (Phi) is 8.51. The molecular weight excluding hydrogens is 524 g/mol. The summed E-state index contributed by atoms with van der Waals surface area (Å²) in [7, 11) is -2.09. The van der Waals surface area contributed by atoms with E-state index >= 15 is 0 Å². The van der Waals surface area contributed by atoms with Crippen molar-refractivity contribution in [1.29, 1.82) is 0 Å². The van der Waals surface area contributed by atoms with Crippen LogP contribution in [0.3, 0.4) is 0 Å². The van der Waals surface area contributed by atoms with Crippen molar-refractivity contribution in [3.8, 4) is 0 Å². The molecule has 2 atom stereocenters. The summed E-state index contributed by atoms with van der Waals surface area (Å²) in [6.07, 6.45) is 0. The van der Waals surface area contributed by atoms with Crippen LogP contribution in [0.4, 0.5) is 0 Å². The van der Waals surface area contributed by atoms with Gasteiger partial charge in [-0.15, -0.1) is 0 Å². The van der Waals surface area contributed by atoms with Gasteiger partial charge in [0.2, 0.25) is 0 Å². The van der Waals surface area contributed by atoms with E-state index in [0.29, 0.717) is 5.54 Å². The predicted octanol–water partition coefficient (Wildman–Crippen LogP) is 8.39. The van der Waals surface area contributed by atoms with Gasteiger partial charge in [-0.05, 0) is 0 Å². The topological polar surface area (TPSA) is 0 Å². The molecule has 0 heterocycles. The number of allylic oxidation sites excluding steroid dienone is 4. The van der Waals surface area contributed by atoms with Gasteiger partial charge < -0.3 is 0 Å². The second-order valence-electron chi connectivity index (χ2n) is 12.9. The Morgan fingerprint density at radius 1 is 0.737 bits per heavy atom. The van der Waals surface area contributed by atoms with Crippen LogP contribution in [-0.4, -0.2) is 17.6 Å². The molecule has 0 aromatic heterocycles. The van der Waals surface area contributed by atoms with E-state index in [1.807, 2.05) is 0 Å². The van der Waals surface area contributed by atoms with Gasteiger partial charge in [0.1, 0.15) is 0 Å². The van der Waals surface area contributed by atoms with Gasteiger partial charge in [0.05, 0.1) is 0 Å². The van der Waals surface area contributed by atoms with Crippen molar-refractivity contribution in [2.45, 2.75) is 80.9 Å². The first-order valence-corrected chi connectivity index (χ1v) is 23.2. The fourth-order valence-electron chi connectivity index (χ4n) is 7.20. The average Bonchev–Trinajstić information content (AvgIpc) is 3.04. The van der Waals surface area contributed by atoms with Crippen LogP contribution in [0.25, 0.3) is 5.57 Å². The van der Waals surface area contributed by atoms with E-state index in [-0.39, 0.29) is 3.72 Å². The Morgan fingerprint density at radius 2 is 1.34 bits per heavy atom. The third kappa shape index (κ3) is 5.10. The Labute approximate surface area is 242 Å². The quantitative estimate of drug-likeness (QED) is 0.250. The Bertz CT molecular complexity index is 1390. The normalized spacial score (nSPS) is 19.1. The third-order valence-corrected chi connectivity index (χ3v) is 18.1. The summed E-state index contributed by atoms with van der Waals surface area (Å²) < 4.78 is 0.141. The molecule has 3 heteroatoms. The van der Waals surface area contributed by atoms with Crippen LogP contribution in [0.1, 0.15) is 54.1 Å². The molecule has 0 spiro atoms. The van der Waals surface area contributed by atoms with Gasteiger partial charge in [-0.25, -0.2) is 0 Å². The van der Waals surface area contributed by atoms with Crippen molar-refractivity contribution in [3.63, 3.8) is 0 Å². The molecule has 0 N–H and O–H groups in total. The van der Waals surface area contributed by atoms with E-state index < -0.39 is 35.5 Å². The first-order chi connectivity index (χ1) is 17.8. The van der Waals surface area contributed by atoms with E-state index in [0.717, 1.165) is 0 Å². The number of aryl methyl sites for hydroxylation is 3. The summed E-state index contributed by atoms with van der Waals surface area (Å²) >= 11 is -1.61. The molecule has 0 nitrogen and oxygen atoms in total. The molecule has 0 saturated heterocycles. The monoisotopic (exact) mass is 571 g/mol. The van der Waals surface area contributed by atoms with Crippen LogP contribution in [0, 0.1) is 20.8 Å². The molecule has 0 saturated carbocycles. The van der Waals surface area contributed by atoms with Crippen molar-refractivity contribution in [2.24, 2.45) is 0 Å². The average molecular weight is 572 g/mol. The Balaban J connectivity index is 2.07. The molecule has 199 valence electrons. The molecule has 0 bridgehead atoms. The van der Waals surface area contributed by atoms with Crippen LogP contribution in [0.15, 0.2) is 83.4 Å². The molecule has 3 aromatic rings. The van der Waals surface area contributed by atoms with Gasteiger partial charge >= 0.3 is 244 Å². The Morgan fingerprint density at radius 3 is 1.89 bits per heavy atom. The van der Waals surface area contributed by atoms with E-state index in [1.54, 1.807) is 27.1 Å². The molecule has 38 heavy (non-hydrogen) atoms. The van der Waals surface area contributed by atoms with Gasteiger partial charge in [0.15, 0.2) is 0 Å². The first kappa shape index (κ1) is 29.3. The standard InChI is InChI=1S/C33H41Si2.2CH3.Ti/c1-21-18-28(20-29(19-21)35(7,8)9)34-33(30-22(2)14-13-15-23(30)3)32-26(6)24(4)25(5)31(32)27-16-11-10-12-17-27;;;/h10-20,33H,34H2,1-9H3;2*1H3;. The molecule has 0 aliphatic heterocycles. The number of rotatable bonds is 7. The van der Waals surface area contributed by atoms with Gasteiger partial charge in [0, 0.05) is 0 Å². The number of hydrogen-bond donors (Lipinski definition) is 0. The maximum atomic E-state index is 2.65. The van der Waals surface area contributed by atoms with Crippen LogP contribution >= 0.6 is 0 Å². The van der Waals surface area contributed by atoms with Gasteiger partial charge in [-0.1, -0.05) is 0 Å². The minimum atomic E-state index is -1.61. The van der Waals surface area contributed by atoms with E-state index in [2.05, 4.69) is 138 Å². The van der Waals surface area contributed by atoms with E-state index in [1.165, 1.54) is 33.4 Å². The van der Waals surface area contributed by atoms with Crippen molar-refractivity contribution in [1.82, 2.24) is 0 Å². The summed E-state index contributed by atoms with van der Waals surface area (Å²) in [6, 6.07) is 26.0. The second-order valence-corrected chi connectivity index (χ2v) is 24.4. The van der Waals surface area contributed by atoms with Gasteiger partial charge in [0.25, 0.3) is 0 Å². The summed E-state index contributed by atoms with van der Waals surface area (Å²) in [6.45, 7) is 21.8. The van der Waals surface area contributed by atoms with Crippen LogP contribution in [-0.2, 0) is 17.9 Å². The molecule has 1 aliphatic carbocycles. The second kappa shape index (κ2) is 11.0. The van der Waals surface area contributed by atoms with Crippen LogP contribution in [0.5, 0.6) is 0 Å². The van der Waals surface area contributed by atoms with Crippen molar-refractivity contribution >= 4 is 33.5 Å². The van der Waals surface area contributed by atoms with Crippen molar-refractivity contribution in [2.75, 3.05) is 0 Å². The summed E-state index contributed by atoms with van der Waals surface area (Å²) in [5.74, 6) is 0. The van der Waals surface area contributed by atoms with Crippen molar-refractivity contribution in [3.05, 3.63) is 111 Å². The maximum absolute atomic E-state index is 2.65. The summed E-state index contributed by atoms with van der Waals surface area (Å²) in [5, 5.41) is 8.56. The zero-order valence-electron chi connectivity index (χ0n) is 25.6. The predicted molar refractivity (Wildman–Crippen MR) is 173 cm³/mol. The van der Waals surface area contributed by atoms with Gasteiger partial charge in [-0.2, -0.15) is 0 Å². The molecule has 0 fully saturated rings. The molecule has 2 unspecified atom stereocenters. The number of benzene rings is 3. The third-order valence-electron chi connectivity index (χ3n) is 9.19. The molecular formula is C35H47Si2Ti. The first-order valence-electron chi connectivity index (χ1n) is 14.2. The fourth-order valence-corrected chi connectivity index (χ4v) is 17.8. The van der Waals surface area contributed by atoms with Crippen LogP contribution in [0.2, 0.25) is 33.8 Å². The fraction of sp³-hybridized carbons (Fsp3) is 0.371. The SMILES string of the molecule is CC1=C(C)[C](C([SiH2]c2cc(C)cc([Si](C)(C)C)c2)c2c(C)cccc2C)([Ti]([CH3])[CH3])C(c2ccccc2)=C1C. The van der Waals surface area contributed by atoms with E-state index in [9.17, 15) is 0 Å². The summed E-state index contributed by atoms with van der Waals surface area (Å²) in [4.78, 5) is 0. The summed E-state index contributed by atoms with van der Waals surface area (Å²) in [5.41, 5.74) is 14.4. The number of hydrogen-bond acceptors (Lipinski definition) is 0. The van der Waals surface area contributed by atoms with Crippen LogP contribution < -0.4 is 10.4 Å². The Hall–Kier alpha value is -1.71. The minimum absolute atomic E-state index is 0.141. The molecule has 0 radical (unpaired) electrons. The molecule has 3 aromatic carbocycles.